The van der Waals surface area contributed by atoms with Gasteiger partial charge >= 0.3 is 0 Å². The highest BCUT2D eigenvalue weighted by atomic mass is 32.1. The van der Waals surface area contributed by atoms with Crippen LogP contribution in [0.5, 0.6) is 5.75 Å². The first-order valence-corrected chi connectivity index (χ1v) is 9.39. The van der Waals surface area contributed by atoms with Crippen LogP contribution < -0.4 is 5.43 Å². The van der Waals surface area contributed by atoms with E-state index in [-0.39, 0.29) is 23.6 Å². The van der Waals surface area contributed by atoms with E-state index in [1.807, 2.05) is 0 Å². The number of hydrogen-bond acceptors (Lipinski definition) is 5. The Morgan fingerprint density at radius 2 is 1.89 bits per heavy atom. The molecule has 0 fully saturated rings. The maximum atomic E-state index is 13.4. The van der Waals surface area contributed by atoms with Crippen LogP contribution in [-0.2, 0) is 11.2 Å². The summed E-state index contributed by atoms with van der Waals surface area (Å²) < 4.78 is 26.4. The summed E-state index contributed by atoms with van der Waals surface area (Å²) in [5.74, 6) is -1.33. The number of carbonyl (C=O) groups is 1. The van der Waals surface area contributed by atoms with E-state index < -0.39 is 11.7 Å². The second-order valence-electron chi connectivity index (χ2n) is 5.94. The molecule has 1 aromatic heterocycles. The van der Waals surface area contributed by atoms with Gasteiger partial charge in [-0.25, -0.2) is 19.2 Å². The van der Waals surface area contributed by atoms with Crippen LogP contribution in [0.2, 0.25) is 0 Å². The Hall–Kier alpha value is -3.13. The molecule has 1 heterocycles. The first-order chi connectivity index (χ1) is 13.5. The van der Waals surface area contributed by atoms with E-state index in [2.05, 4.69) is 15.5 Å². The van der Waals surface area contributed by atoms with Gasteiger partial charge in [0.2, 0.25) is 5.91 Å². The summed E-state index contributed by atoms with van der Waals surface area (Å²) in [5.41, 5.74) is 4.33. The van der Waals surface area contributed by atoms with E-state index in [0.29, 0.717) is 22.8 Å². The summed E-state index contributed by atoms with van der Waals surface area (Å²) in [5, 5.41) is 16.3. The molecule has 0 atom stereocenters. The summed E-state index contributed by atoms with van der Waals surface area (Å²) in [7, 11) is 0. The number of thiazole rings is 1. The molecule has 0 bridgehead atoms. The lowest BCUT2D eigenvalue weighted by Gasteiger charge is -2.07. The lowest BCUT2D eigenvalue weighted by molar-refractivity contribution is -0.120. The Labute approximate surface area is 164 Å². The average Bonchev–Trinajstić information content (AvgIpc) is 3.13. The fourth-order valence-corrected chi connectivity index (χ4v) is 3.34. The van der Waals surface area contributed by atoms with E-state index >= 15 is 0 Å². The summed E-state index contributed by atoms with van der Waals surface area (Å²) in [4.78, 5) is 16.5. The van der Waals surface area contributed by atoms with Crippen molar-refractivity contribution in [2.24, 2.45) is 5.10 Å². The predicted octanol–water partition coefficient (Wildman–Crippen LogP) is 4.27. The minimum atomic E-state index is -0.504. The lowest BCUT2D eigenvalue weighted by Crippen LogP contribution is -2.22. The highest BCUT2D eigenvalue weighted by molar-refractivity contribution is 7.13. The normalized spacial score (nSPS) is 11.5. The van der Waals surface area contributed by atoms with Crippen LogP contribution >= 0.6 is 11.3 Å². The largest absolute Gasteiger partial charge is 0.507 e. The number of halogens is 2. The Bertz CT molecular complexity index is 1020. The molecule has 1 amide bonds. The number of amides is 1. The van der Waals surface area contributed by atoms with Crippen molar-refractivity contribution in [3.8, 4) is 16.3 Å². The van der Waals surface area contributed by atoms with Gasteiger partial charge in [0.15, 0.2) is 0 Å². The molecule has 0 radical (unpaired) electrons. The number of benzene rings is 2. The molecule has 3 aromatic rings. The molecule has 0 unspecified atom stereocenters. The zero-order chi connectivity index (χ0) is 20.1. The quantitative estimate of drug-likeness (QED) is 0.479. The van der Waals surface area contributed by atoms with Gasteiger partial charge in [-0.1, -0.05) is 6.92 Å². The van der Waals surface area contributed by atoms with E-state index in [4.69, 9.17) is 0 Å². The van der Waals surface area contributed by atoms with Crippen molar-refractivity contribution in [1.82, 2.24) is 10.4 Å². The van der Waals surface area contributed by atoms with Crippen molar-refractivity contribution in [3.05, 3.63) is 70.7 Å². The number of phenolic OH excluding ortho intramolecular Hbond substituents is 1. The lowest BCUT2D eigenvalue weighted by atomic mass is 10.1. The third-order valence-corrected chi connectivity index (χ3v) is 4.84. The van der Waals surface area contributed by atoms with Gasteiger partial charge in [-0.3, -0.25) is 4.79 Å². The van der Waals surface area contributed by atoms with Crippen LogP contribution in [0.4, 0.5) is 8.78 Å². The number of rotatable bonds is 6. The van der Waals surface area contributed by atoms with Crippen molar-refractivity contribution in [2.45, 2.75) is 19.8 Å². The zero-order valence-electron chi connectivity index (χ0n) is 14.9. The van der Waals surface area contributed by atoms with Gasteiger partial charge in [-0.2, -0.15) is 5.10 Å². The van der Waals surface area contributed by atoms with Crippen molar-refractivity contribution < 1.29 is 18.7 Å². The van der Waals surface area contributed by atoms with Gasteiger partial charge in [-0.15, -0.1) is 11.3 Å². The van der Waals surface area contributed by atoms with Crippen LogP contribution in [-0.4, -0.2) is 21.7 Å². The van der Waals surface area contributed by atoms with Crippen LogP contribution in [0.15, 0.2) is 52.9 Å². The maximum Gasteiger partial charge on any atom is 0.246 e. The fourth-order valence-electron chi connectivity index (χ4n) is 2.52. The number of aromatic hydroxyl groups is 1. The maximum absolute atomic E-state index is 13.4. The molecule has 3 rings (SSSR count). The molecule has 0 saturated heterocycles. The Balaban J connectivity index is 1.67. The van der Waals surface area contributed by atoms with Gasteiger partial charge in [0.05, 0.1) is 17.8 Å². The van der Waals surface area contributed by atoms with E-state index in [0.717, 1.165) is 11.6 Å². The van der Waals surface area contributed by atoms with Gasteiger partial charge < -0.3 is 5.11 Å². The van der Waals surface area contributed by atoms with E-state index in [9.17, 15) is 18.7 Å². The molecule has 8 heteroatoms. The smallest absolute Gasteiger partial charge is 0.246 e. The van der Waals surface area contributed by atoms with Crippen molar-refractivity contribution in [2.75, 3.05) is 0 Å². The van der Waals surface area contributed by atoms with Gasteiger partial charge in [0, 0.05) is 16.5 Å². The molecule has 0 aliphatic carbocycles. The molecular formula is C20H17F2N3O2S. The standard InChI is InChI=1S/C20H17F2N3O2S/c1-2-17(16-9-14(22)7-8-18(16)26)24-25-19(27)10-15-11-28-20(23-15)12-3-5-13(21)6-4-12/h3-9,11,26H,2,10H2,1H3,(H,25,27)/b24-17+. The first kappa shape index (κ1) is 19.6. The van der Waals surface area contributed by atoms with Crippen LogP contribution in [0.1, 0.15) is 24.6 Å². The Kier molecular flexibility index (Phi) is 6.10. The number of carbonyl (C=O) groups excluding carboxylic acids is 1. The Morgan fingerprint density at radius 1 is 1.18 bits per heavy atom. The summed E-state index contributed by atoms with van der Waals surface area (Å²) in [6.45, 7) is 1.78. The van der Waals surface area contributed by atoms with Crippen LogP contribution in [0, 0.1) is 11.6 Å². The number of hydrogen-bond donors (Lipinski definition) is 2. The molecule has 144 valence electrons. The number of nitrogens with zero attached hydrogens (tertiary/aromatic N) is 2. The van der Waals surface area contributed by atoms with Crippen molar-refractivity contribution >= 4 is 23.0 Å². The minimum Gasteiger partial charge on any atom is -0.507 e. The van der Waals surface area contributed by atoms with Crippen molar-refractivity contribution in [1.29, 1.82) is 0 Å². The number of aromatic nitrogens is 1. The molecule has 0 aliphatic heterocycles. The van der Waals surface area contributed by atoms with Crippen molar-refractivity contribution in [3.63, 3.8) is 0 Å². The summed E-state index contributed by atoms with van der Waals surface area (Å²) in [6.07, 6.45) is 0.399. The van der Waals surface area contributed by atoms with Crippen LogP contribution in [0.25, 0.3) is 10.6 Å². The summed E-state index contributed by atoms with van der Waals surface area (Å²) in [6, 6.07) is 9.51. The molecule has 2 N–H and O–H groups in total. The third kappa shape index (κ3) is 4.77. The molecule has 2 aromatic carbocycles. The number of nitrogens with one attached hydrogen (secondary N) is 1. The fraction of sp³-hybridized carbons (Fsp3) is 0.150. The summed E-state index contributed by atoms with van der Waals surface area (Å²) >= 11 is 1.36. The van der Waals surface area contributed by atoms with Crippen LogP contribution in [0.3, 0.4) is 0 Å². The SMILES string of the molecule is CC/C(=N\NC(=O)Cc1csc(-c2ccc(F)cc2)n1)c1cc(F)ccc1O. The number of phenols is 1. The van der Waals surface area contributed by atoms with E-state index in [1.165, 1.54) is 35.6 Å². The second kappa shape index (κ2) is 8.71. The first-order valence-electron chi connectivity index (χ1n) is 8.51. The minimum absolute atomic E-state index is 0.00726. The predicted molar refractivity (Wildman–Crippen MR) is 104 cm³/mol. The molecule has 28 heavy (non-hydrogen) atoms. The van der Waals surface area contributed by atoms with Gasteiger partial charge in [0.1, 0.15) is 22.4 Å². The molecule has 5 nitrogen and oxygen atoms in total. The molecule has 0 spiro atoms. The highest BCUT2D eigenvalue weighted by Gasteiger charge is 2.12. The molecular weight excluding hydrogens is 384 g/mol. The topological polar surface area (TPSA) is 74.6 Å². The second-order valence-corrected chi connectivity index (χ2v) is 6.79. The number of hydrazone groups is 1. The molecule has 0 saturated carbocycles. The average molecular weight is 401 g/mol. The third-order valence-electron chi connectivity index (χ3n) is 3.90. The van der Waals surface area contributed by atoms with Gasteiger partial charge in [0.25, 0.3) is 0 Å². The zero-order valence-corrected chi connectivity index (χ0v) is 15.8. The molecule has 0 aliphatic rings. The Morgan fingerprint density at radius 3 is 2.61 bits per heavy atom. The monoisotopic (exact) mass is 401 g/mol. The highest BCUT2D eigenvalue weighted by Crippen LogP contribution is 2.24. The van der Waals surface area contributed by atoms with Gasteiger partial charge in [-0.05, 0) is 48.9 Å². The van der Waals surface area contributed by atoms with E-state index in [1.54, 1.807) is 24.4 Å².